The lowest BCUT2D eigenvalue weighted by Gasteiger charge is -2.24. The van der Waals surface area contributed by atoms with Crippen molar-refractivity contribution in [3.05, 3.63) is 65.6 Å². The second kappa shape index (κ2) is 8.80. The Morgan fingerprint density at radius 1 is 1.25 bits per heavy atom. The molecule has 1 aliphatic rings. The Hall–Kier alpha value is -3.72. The number of esters is 1. The Labute approximate surface area is 183 Å². The number of nitrogens with zero attached hydrogens (tertiary/aromatic N) is 1. The van der Waals surface area contributed by atoms with Crippen LogP contribution in [0.5, 0.6) is 0 Å². The van der Waals surface area contributed by atoms with Gasteiger partial charge in [-0.05, 0) is 29.8 Å². The number of amides is 2. The number of carbonyl (C=O) groups is 3. The highest BCUT2D eigenvalue weighted by atomic mass is 19.1. The van der Waals surface area contributed by atoms with Gasteiger partial charge in [0.05, 0.1) is 25.2 Å². The number of anilines is 1. The highest BCUT2D eigenvalue weighted by Crippen LogP contribution is 2.25. The number of benzene rings is 2. The monoisotopic (exact) mass is 439 g/mol. The van der Waals surface area contributed by atoms with Crippen molar-refractivity contribution in [2.45, 2.75) is 25.0 Å². The molecule has 2 aromatic carbocycles. The number of carbonyl (C=O) groups excluding carboxylic acids is 3. The number of fused-ring (bicyclic) bond motifs is 1. The number of H-pyrrole nitrogens is 1. The lowest BCUT2D eigenvalue weighted by Crippen LogP contribution is -2.44. The Kier molecular flexibility index (Phi) is 5.91. The summed E-state index contributed by atoms with van der Waals surface area (Å²) in [4.78, 5) is 41.7. The van der Waals surface area contributed by atoms with Crippen molar-refractivity contribution in [1.82, 2.24) is 9.88 Å². The van der Waals surface area contributed by atoms with Gasteiger partial charge in [-0.25, -0.2) is 9.18 Å². The molecule has 8 nitrogen and oxygen atoms in total. The molecule has 0 radical (unpaired) electrons. The zero-order valence-corrected chi connectivity index (χ0v) is 17.3. The van der Waals surface area contributed by atoms with Crippen LogP contribution in [0.1, 0.15) is 22.3 Å². The van der Waals surface area contributed by atoms with E-state index >= 15 is 0 Å². The predicted molar refractivity (Wildman–Crippen MR) is 114 cm³/mol. The summed E-state index contributed by atoms with van der Waals surface area (Å²) in [6, 6.07) is 10.1. The third kappa shape index (κ3) is 4.19. The minimum absolute atomic E-state index is 0.00350. The second-order valence-corrected chi connectivity index (χ2v) is 7.66. The number of aromatic amines is 1. The first-order valence-electron chi connectivity index (χ1n) is 10.1. The van der Waals surface area contributed by atoms with E-state index in [1.54, 1.807) is 24.3 Å². The molecule has 0 saturated carbocycles. The van der Waals surface area contributed by atoms with E-state index in [9.17, 15) is 23.9 Å². The first kappa shape index (κ1) is 21.5. The lowest BCUT2D eigenvalue weighted by atomic mass is 10.1. The summed E-state index contributed by atoms with van der Waals surface area (Å²) in [5.41, 5.74) is 1.70. The predicted octanol–water partition coefficient (Wildman–Crippen LogP) is 2.24. The van der Waals surface area contributed by atoms with E-state index in [1.165, 1.54) is 36.4 Å². The molecular formula is C23H22FN3O5. The van der Waals surface area contributed by atoms with Crippen LogP contribution >= 0.6 is 0 Å². The summed E-state index contributed by atoms with van der Waals surface area (Å²) in [6.07, 6.45) is 0.572. The van der Waals surface area contributed by atoms with Crippen LogP contribution in [0.25, 0.3) is 10.9 Å². The van der Waals surface area contributed by atoms with Crippen LogP contribution in [-0.2, 0) is 20.7 Å². The number of nitrogens with one attached hydrogen (secondary N) is 2. The summed E-state index contributed by atoms with van der Waals surface area (Å²) in [7, 11) is 1.30. The minimum atomic E-state index is -0.880. The number of ether oxygens (including phenoxy) is 1. The maximum atomic E-state index is 13.9. The number of β-amino-alcohol motifs (C(OH)–C–C–N with tert-alkyl or cyclic N) is 1. The minimum Gasteiger partial charge on any atom is -0.465 e. The van der Waals surface area contributed by atoms with Gasteiger partial charge in [-0.3, -0.25) is 9.59 Å². The first-order valence-corrected chi connectivity index (χ1v) is 10.1. The van der Waals surface area contributed by atoms with Gasteiger partial charge in [-0.15, -0.1) is 0 Å². The van der Waals surface area contributed by atoms with Gasteiger partial charge < -0.3 is 25.0 Å². The fourth-order valence-electron chi connectivity index (χ4n) is 3.95. The van der Waals surface area contributed by atoms with Crippen LogP contribution in [0.2, 0.25) is 0 Å². The van der Waals surface area contributed by atoms with Crippen molar-refractivity contribution in [1.29, 1.82) is 0 Å². The average molecular weight is 439 g/mol. The molecule has 4 rings (SSSR count). The Balaban J connectivity index is 1.49. The van der Waals surface area contributed by atoms with Crippen LogP contribution in [-0.4, -0.2) is 58.6 Å². The van der Waals surface area contributed by atoms with Gasteiger partial charge in [0.25, 0.3) is 0 Å². The zero-order chi connectivity index (χ0) is 22.8. The van der Waals surface area contributed by atoms with E-state index in [1.807, 2.05) is 0 Å². The summed E-state index contributed by atoms with van der Waals surface area (Å²) in [6.45, 7) is 0.00350. The fraction of sp³-hybridized carbons (Fsp3) is 0.261. The molecule has 1 aliphatic heterocycles. The zero-order valence-electron chi connectivity index (χ0n) is 17.3. The standard InChI is InChI=1S/C23H22FN3O5/c1-32-23(31)17-11-25-19-9-14(6-7-16(17)19)26-22(30)20-10-15(28)12-27(20)21(29)8-13-4-2-3-5-18(13)24/h2-7,9,11,15,20,25,28H,8,10,12H2,1H3,(H,26,30). The van der Waals surface area contributed by atoms with Gasteiger partial charge in [0.2, 0.25) is 11.8 Å². The van der Waals surface area contributed by atoms with Crippen molar-refractivity contribution in [3.63, 3.8) is 0 Å². The molecule has 2 atom stereocenters. The summed E-state index contributed by atoms with van der Waals surface area (Å²) in [5, 5.41) is 13.5. The molecule has 32 heavy (non-hydrogen) atoms. The molecule has 0 bridgehead atoms. The molecule has 1 aromatic heterocycles. The highest BCUT2D eigenvalue weighted by Gasteiger charge is 2.39. The number of likely N-dealkylation sites (tertiary alicyclic amines) is 1. The third-order valence-corrected chi connectivity index (χ3v) is 5.56. The number of aliphatic hydroxyl groups excluding tert-OH is 1. The lowest BCUT2D eigenvalue weighted by molar-refractivity contribution is -0.136. The molecule has 3 N–H and O–H groups in total. The van der Waals surface area contributed by atoms with Crippen molar-refractivity contribution < 1.29 is 28.6 Å². The van der Waals surface area contributed by atoms with E-state index in [4.69, 9.17) is 4.74 Å². The Morgan fingerprint density at radius 2 is 2.03 bits per heavy atom. The fourth-order valence-corrected chi connectivity index (χ4v) is 3.95. The topological polar surface area (TPSA) is 112 Å². The van der Waals surface area contributed by atoms with Gasteiger partial charge >= 0.3 is 5.97 Å². The second-order valence-electron chi connectivity index (χ2n) is 7.66. The number of hydrogen-bond acceptors (Lipinski definition) is 5. The number of aliphatic hydroxyl groups is 1. The quantitative estimate of drug-likeness (QED) is 0.528. The molecule has 0 spiro atoms. The molecular weight excluding hydrogens is 417 g/mol. The smallest absolute Gasteiger partial charge is 0.340 e. The van der Waals surface area contributed by atoms with Crippen molar-refractivity contribution >= 4 is 34.4 Å². The number of hydrogen-bond donors (Lipinski definition) is 3. The van der Waals surface area contributed by atoms with E-state index < -0.39 is 35.7 Å². The summed E-state index contributed by atoms with van der Waals surface area (Å²) >= 11 is 0. The van der Waals surface area contributed by atoms with E-state index in [2.05, 4.69) is 10.3 Å². The molecule has 0 aliphatic carbocycles. The molecule has 1 saturated heterocycles. The molecule has 3 aromatic rings. The van der Waals surface area contributed by atoms with E-state index in [0.717, 1.165) is 0 Å². The van der Waals surface area contributed by atoms with Crippen LogP contribution in [0.4, 0.5) is 10.1 Å². The van der Waals surface area contributed by atoms with Gasteiger partial charge in [0.15, 0.2) is 0 Å². The number of methoxy groups -OCH3 is 1. The number of halogens is 1. The Bertz CT molecular complexity index is 1190. The maximum Gasteiger partial charge on any atom is 0.340 e. The van der Waals surface area contributed by atoms with E-state index in [-0.39, 0.29) is 24.9 Å². The van der Waals surface area contributed by atoms with Crippen molar-refractivity contribution in [2.24, 2.45) is 0 Å². The Morgan fingerprint density at radius 3 is 2.78 bits per heavy atom. The first-order chi connectivity index (χ1) is 15.4. The van der Waals surface area contributed by atoms with Crippen LogP contribution in [0.3, 0.4) is 0 Å². The van der Waals surface area contributed by atoms with Crippen LogP contribution in [0.15, 0.2) is 48.7 Å². The molecule has 2 unspecified atom stereocenters. The highest BCUT2D eigenvalue weighted by molar-refractivity contribution is 6.05. The molecule has 166 valence electrons. The van der Waals surface area contributed by atoms with Crippen LogP contribution in [0, 0.1) is 5.82 Å². The van der Waals surface area contributed by atoms with Gasteiger partial charge in [-0.2, -0.15) is 0 Å². The SMILES string of the molecule is COC(=O)c1c[nH]c2cc(NC(=O)C3CC(O)CN3C(=O)Cc3ccccc3F)ccc12. The maximum absolute atomic E-state index is 13.9. The van der Waals surface area contributed by atoms with Gasteiger partial charge in [0, 0.05) is 35.8 Å². The molecule has 9 heteroatoms. The van der Waals surface area contributed by atoms with E-state index in [0.29, 0.717) is 22.2 Å². The summed E-state index contributed by atoms with van der Waals surface area (Å²) < 4.78 is 18.7. The van der Waals surface area contributed by atoms with Crippen molar-refractivity contribution in [3.8, 4) is 0 Å². The molecule has 2 heterocycles. The largest absolute Gasteiger partial charge is 0.465 e. The van der Waals surface area contributed by atoms with Gasteiger partial charge in [0.1, 0.15) is 11.9 Å². The normalized spacial score (nSPS) is 18.0. The van der Waals surface area contributed by atoms with Crippen molar-refractivity contribution in [2.75, 3.05) is 19.0 Å². The number of rotatable bonds is 5. The average Bonchev–Trinajstić information content (AvgIpc) is 3.38. The molecule has 2 amide bonds. The van der Waals surface area contributed by atoms with Crippen LogP contribution < -0.4 is 5.32 Å². The van der Waals surface area contributed by atoms with Gasteiger partial charge in [-0.1, -0.05) is 18.2 Å². The molecule has 1 fully saturated rings. The summed E-state index contributed by atoms with van der Waals surface area (Å²) in [5.74, 6) is -1.86. The number of aromatic nitrogens is 1. The third-order valence-electron chi connectivity index (χ3n) is 5.56.